The smallest absolute Gasteiger partial charge is 0.269 e. The van der Waals surface area contributed by atoms with Crippen molar-refractivity contribution in [1.29, 1.82) is 0 Å². The van der Waals surface area contributed by atoms with E-state index in [0.717, 1.165) is 11.6 Å². The summed E-state index contributed by atoms with van der Waals surface area (Å²) in [6.07, 6.45) is 0.610. The second-order valence-corrected chi connectivity index (χ2v) is 9.10. The Labute approximate surface area is 222 Å². The summed E-state index contributed by atoms with van der Waals surface area (Å²) in [5.74, 6) is -2.34. The predicted octanol–water partition coefficient (Wildman–Crippen LogP) is 4.60. The fraction of sp³-hybridized carbons (Fsp3) is 0.241. The van der Waals surface area contributed by atoms with Crippen LogP contribution in [0.5, 0.6) is 5.75 Å². The molecular weight excluding hydrogens is 510 g/mol. The number of nitrogens with one attached hydrogen (secondary N) is 1. The van der Waals surface area contributed by atoms with Crippen molar-refractivity contribution in [2.75, 3.05) is 13.2 Å². The molecule has 2 heterocycles. The van der Waals surface area contributed by atoms with Crippen molar-refractivity contribution in [3.63, 3.8) is 0 Å². The number of aliphatic hydroxyl groups is 1. The number of hydrogen-bond acceptors (Lipinski definition) is 6. The van der Waals surface area contributed by atoms with Crippen LogP contribution in [0.15, 0.2) is 71.3 Å². The molecule has 1 aliphatic rings. The Morgan fingerprint density at radius 1 is 1.13 bits per heavy atom. The van der Waals surface area contributed by atoms with Crippen LogP contribution in [0.3, 0.4) is 0 Å². The highest BCUT2D eigenvalue weighted by Gasteiger charge is 2.41. The standard InChI is InChI=1S/C29H26F2N2O6/c1-2-39-32-28(35)26-24(34)10-12-33(26)29(36)19-5-3-4-17(14-19)16-38-20-8-6-18(7-9-20)22-15-23(30)25(31)21-11-13-37-27(21)22/h3-9,11,13-15,24,26,34H,2,10,12,16H2,1H3,(H,32,35)/t24-,26-/m0/s1. The van der Waals surface area contributed by atoms with Crippen LogP contribution in [0.25, 0.3) is 22.1 Å². The molecule has 202 valence electrons. The van der Waals surface area contributed by atoms with Gasteiger partial charge in [0.25, 0.3) is 11.8 Å². The number of likely N-dealkylation sites (tertiary alicyclic amines) is 1. The van der Waals surface area contributed by atoms with E-state index in [4.69, 9.17) is 14.0 Å². The molecule has 4 aromatic rings. The average molecular weight is 537 g/mol. The average Bonchev–Trinajstić information content (AvgIpc) is 3.60. The largest absolute Gasteiger partial charge is 0.489 e. The van der Waals surface area contributed by atoms with E-state index in [9.17, 15) is 23.5 Å². The van der Waals surface area contributed by atoms with Crippen LogP contribution in [-0.2, 0) is 16.2 Å². The number of nitrogens with zero attached hydrogens (tertiary/aromatic N) is 1. The zero-order chi connectivity index (χ0) is 27.5. The highest BCUT2D eigenvalue weighted by Crippen LogP contribution is 2.33. The molecule has 0 aliphatic carbocycles. The molecule has 0 saturated carbocycles. The maximum absolute atomic E-state index is 14.1. The van der Waals surface area contributed by atoms with Crippen molar-refractivity contribution >= 4 is 22.8 Å². The van der Waals surface area contributed by atoms with Crippen molar-refractivity contribution in [2.24, 2.45) is 0 Å². The van der Waals surface area contributed by atoms with E-state index >= 15 is 0 Å². The second kappa shape index (κ2) is 11.2. The summed E-state index contributed by atoms with van der Waals surface area (Å²) in [4.78, 5) is 31.9. The van der Waals surface area contributed by atoms with E-state index in [1.807, 2.05) is 0 Å². The van der Waals surface area contributed by atoms with Gasteiger partial charge in [-0.15, -0.1) is 0 Å². The third-order valence-electron chi connectivity index (χ3n) is 6.58. The first-order chi connectivity index (χ1) is 18.9. The minimum Gasteiger partial charge on any atom is -0.489 e. The van der Waals surface area contributed by atoms with E-state index in [1.165, 1.54) is 17.2 Å². The number of carbonyl (C=O) groups excluding carboxylic acids is 2. The summed E-state index contributed by atoms with van der Waals surface area (Å²) in [5, 5.41) is 10.4. The Balaban J connectivity index is 1.27. The molecule has 2 amide bonds. The lowest BCUT2D eigenvalue weighted by Crippen LogP contribution is -2.50. The highest BCUT2D eigenvalue weighted by atomic mass is 19.2. The lowest BCUT2D eigenvalue weighted by molar-refractivity contribution is -0.139. The third kappa shape index (κ3) is 5.34. The number of fused-ring (bicyclic) bond motifs is 1. The van der Waals surface area contributed by atoms with Gasteiger partial charge in [0.2, 0.25) is 0 Å². The van der Waals surface area contributed by atoms with Gasteiger partial charge in [-0.1, -0.05) is 24.3 Å². The van der Waals surface area contributed by atoms with Gasteiger partial charge in [0.15, 0.2) is 11.6 Å². The molecule has 1 aliphatic heterocycles. The van der Waals surface area contributed by atoms with E-state index in [2.05, 4.69) is 5.48 Å². The number of hydrogen-bond donors (Lipinski definition) is 2. The molecule has 8 nitrogen and oxygen atoms in total. The normalized spacial score (nSPS) is 17.0. The van der Waals surface area contributed by atoms with Gasteiger partial charge in [0.1, 0.15) is 24.0 Å². The number of benzene rings is 3. The number of amides is 2. The third-order valence-corrected chi connectivity index (χ3v) is 6.58. The molecule has 3 aromatic carbocycles. The number of halogens is 2. The fourth-order valence-electron chi connectivity index (χ4n) is 4.67. The molecule has 1 aromatic heterocycles. The number of hydroxylamine groups is 1. The van der Waals surface area contributed by atoms with E-state index in [-0.39, 0.29) is 43.1 Å². The zero-order valence-electron chi connectivity index (χ0n) is 21.0. The molecule has 2 N–H and O–H groups in total. The Morgan fingerprint density at radius 3 is 2.69 bits per heavy atom. The van der Waals surface area contributed by atoms with Crippen LogP contribution < -0.4 is 10.2 Å². The maximum Gasteiger partial charge on any atom is 0.269 e. The number of furan rings is 1. The van der Waals surface area contributed by atoms with Crippen LogP contribution in [0.4, 0.5) is 8.78 Å². The molecule has 39 heavy (non-hydrogen) atoms. The number of carbonyl (C=O) groups is 2. The van der Waals surface area contributed by atoms with Crippen LogP contribution >= 0.6 is 0 Å². The SMILES string of the molecule is CCONC(=O)[C@@H]1[C@@H](O)CCN1C(=O)c1cccc(COc2ccc(-c3cc(F)c(F)c4ccoc34)cc2)c1. The van der Waals surface area contributed by atoms with Gasteiger partial charge in [0, 0.05) is 17.7 Å². The molecule has 2 atom stereocenters. The van der Waals surface area contributed by atoms with E-state index < -0.39 is 29.7 Å². The number of aliphatic hydroxyl groups excluding tert-OH is 1. The van der Waals surface area contributed by atoms with Gasteiger partial charge in [-0.25, -0.2) is 14.3 Å². The van der Waals surface area contributed by atoms with Gasteiger partial charge in [-0.3, -0.25) is 14.4 Å². The molecule has 0 unspecified atom stereocenters. The first-order valence-electron chi connectivity index (χ1n) is 12.5. The van der Waals surface area contributed by atoms with Crippen molar-refractivity contribution in [3.8, 4) is 16.9 Å². The second-order valence-electron chi connectivity index (χ2n) is 9.10. The molecular formula is C29H26F2N2O6. The van der Waals surface area contributed by atoms with Crippen LogP contribution in [0.2, 0.25) is 0 Å². The Hall–Kier alpha value is -4.28. The minimum atomic E-state index is -1.04. The molecule has 10 heteroatoms. The van der Waals surface area contributed by atoms with E-state index in [1.54, 1.807) is 55.5 Å². The Morgan fingerprint density at radius 2 is 1.92 bits per heavy atom. The molecule has 0 radical (unpaired) electrons. The Kier molecular flexibility index (Phi) is 7.58. The monoisotopic (exact) mass is 536 g/mol. The first kappa shape index (κ1) is 26.3. The van der Waals surface area contributed by atoms with Crippen LogP contribution in [0.1, 0.15) is 29.3 Å². The molecule has 1 fully saturated rings. The summed E-state index contributed by atoms with van der Waals surface area (Å²) >= 11 is 0. The molecule has 5 rings (SSSR count). The summed E-state index contributed by atoms with van der Waals surface area (Å²) < 4.78 is 39.3. The summed E-state index contributed by atoms with van der Waals surface area (Å²) in [7, 11) is 0. The fourth-order valence-corrected chi connectivity index (χ4v) is 4.67. The lowest BCUT2D eigenvalue weighted by Gasteiger charge is -2.25. The quantitative estimate of drug-likeness (QED) is 0.319. The van der Waals surface area contributed by atoms with Crippen molar-refractivity contribution < 1.29 is 37.5 Å². The molecule has 1 saturated heterocycles. The van der Waals surface area contributed by atoms with Crippen LogP contribution in [-0.4, -0.2) is 47.1 Å². The van der Waals surface area contributed by atoms with Gasteiger partial charge in [0.05, 0.1) is 24.4 Å². The minimum absolute atomic E-state index is 0.0736. The van der Waals surface area contributed by atoms with Gasteiger partial charge >= 0.3 is 0 Å². The number of rotatable bonds is 8. The topological polar surface area (TPSA) is 101 Å². The Bertz CT molecular complexity index is 1500. The van der Waals surface area contributed by atoms with Gasteiger partial charge < -0.3 is 19.2 Å². The van der Waals surface area contributed by atoms with Crippen molar-refractivity contribution in [3.05, 3.63) is 89.7 Å². The van der Waals surface area contributed by atoms with Gasteiger partial charge in [-0.05, 0) is 60.9 Å². The van der Waals surface area contributed by atoms with Crippen molar-refractivity contribution in [1.82, 2.24) is 10.4 Å². The first-order valence-corrected chi connectivity index (χ1v) is 12.5. The van der Waals surface area contributed by atoms with E-state index in [0.29, 0.717) is 22.4 Å². The lowest BCUT2D eigenvalue weighted by atomic mass is 10.0. The molecule has 0 spiro atoms. The summed E-state index contributed by atoms with van der Waals surface area (Å²) in [5.41, 5.74) is 4.65. The predicted molar refractivity (Wildman–Crippen MR) is 138 cm³/mol. The summed E-state index contributed by atoms with van der Waals surface area (Å²) in [6.45, 7) is 2.36. The number of ether oxygens (including phenoxy) is 1. The van der Waals surface area contributed by atoms with Crippen molar-refractivity contribution in [2.45, 2.75) is 32.1 Å². The molecule has 0 bridgehead atoms. The van der Waals surface area contributed by atoms with Crippen LogP contribution in [0, 0.1) is 11.6 Å². The highest BCUT2D eigenvalue weighted by molar-refractivity contribution is 5.98. The summed E-state index contributed by atoms with van der Waals surface area (Å²) in [6, 6.07) is 15.1. The van der Waals surface area contributed by atoms with Gasteiger partial charge in [-0.2, -0.15) is 0 Å². The maximum atomic E-state index is 14.1. The zero-order valence-corrected chi connectivity index (χ0v) is 21.0.